The van der Waals surface area contributed by atoms with Crippen molar-refractivity contribution >= 4 is 17.3 Å². The Kier molecular flexibility index (Phi) is 3.85. The minimum absolute atomic E-state index is 0.352. The summed E-state index contributed by atoms with van der Waals surface area (Å²) in [5.74, 6) is -0.878. The molecule has 0 amide bonds. The van der Waals surface area contributed by atoms with Crippen molar-refractivity contribution in [2.45, 2.75) is 13.1 Å². The van der Waals surface area contributed by atoms with E-state index < -0.39 is 5.97 Å². The van der Waals surface area contributed by atoms with Gasteiger partial charge in [0.15, 0.2) is 0 Å². The zero-order valence-corrected chi connectivity index (χ0v) is 9.91. The van der Waals surface area contributed by atoms with E-state index in [4.69, 9.17) is 5.11 Å². The van der Waals surface area contributed by atoms with E-state index in [9.17, 15) is 4.79 Å². The standard InChI is InChI=1S/C12H12N2O2S/c15-12(16)9-5-11(17-8-9)7-13-6-10-3-1-2-4-14-10/h1-5,8,13H,6-7H2,(H,15,16). The third kappa shape index (κ3) is 3.37. The van der Waals surface area contributed by atoms with Gasteiger partial charge in [0.25, 0.3) is 0 Å². The maximum absolute atomic E-state index is 10.7. The number of nitrogens with one attached hydrogen (secondary N) is 1. The first kappa shape index (κ1) is 11.8. The molecule has 88 valence electrons. The van der Waals surface area contributed by atoms with Crippen molar-refractivity contribution in [2.75, 3.05) is 0 Å². The number of hydrogen-bond donors (Lipinski definition) is 2. The lowest BCUT2D eigenvalue weighted by atomic mass is 10.3. The topological polar surface area (TPSA) is 62.2 Å². The van der Waals surface area contributed by atoms with Gasteiger partial charge >= 0.3 is 5.97 Å². The van der Waals surface area contributed by atoms with Crippen molar-refractivity contribution in [3.8, 4) is 0 Å². The van der Waals surface area contributed by atoms with E-state index in [-0.39, 0.29) is 0 Å². The Hall–Kier alpha value is -1.72. The van der Waals surface area contributed by atoms with Crippen molar-refractivity contribution in [1.82, 2.24) is 10.3 Å². The van der Waals surface area contributed by atoms with E-state index in [0.29, 0.717) is 18.7 Å². The van der Waals surface area contributed by atoms with Gasteiger partial charge in [-0.2, -0.15) is 0 Å². The summed E-state index contributed by atoms with van der Waals surface area (Å²) in [5, 5.41) is 13.7. The van der Waals surface area contributed by atoms with Crippen LogP contribution in [0.1, 0.15) is 20.9 Å². The van der Waals surface area contributed by atoms with E-state index >= 15 is 0 Å². The quantitative estimate of drug-likeness (QED) is 0.851. The van der Waals surface area contributed by atoms with Gasteiger partial charge in [0.1, 0.15) is 0 Å². The van der Waals surface area contributed by atoms with Crippen LogP contribution in [0, 0.1) is 0 Å². The molecule has 2 heterocycles. The first-order valence-corrected chi connectivity index (χ1v) is 6.05. The number of rotatable bonds is 5. The molecule has 2 aromatic heterocycles. The summed E-state index contributed by atoms with van der Waals surface area (Å²) < 4.78 is 0. The second kappa shape index (κ2) is 5.56. The normalized spacial score (nSPS) is 10.4. The number of carboxylic acid groups (broad SMARTS) is 1. The molecule has 0 aromatic carbocycles. The molecule has 0 fully saturated rings. The molecular formula is C12H12N2O2S. The van der Waals surface area contributed by atoms with Crippen LogP contribution in [0.4, 0.5) is 0 Å². The van der Waals surface area contributed by atoms with Crippen LogP contribution in [-0.2, 0) is 13.1 Å². The molecule has 2 N–H and O–H groups in total. The number of hydrogen-bond acceptors (Lipinski definition) is 4. The first-order chi connectivity index (χ1) is 8.25. The highest BCUT2D eigenvalue weighted by atomic mass is 32.1. The van der Waals surface area contributed by atoms with E-state index in [1.54, 1.807) is 17.6 Å². The largest absolute Gasteiger partial charge is 0.478 e. The van der Waals surface area contributed by atoms with Gasteiger partial charge in [-0.15, -0.1) is 11.3 Å². The van der Waals surface area contributed by atoms with Crippen LogP contribution >= 0.6 is 11.3 Å². The Morgan fingerprint density at radius 3 is 2.94 bits per heavy atom. The fraction of sp³-hybridized carbons (Fsp3) is 0.167. The van der Waals surface area contributed by atoms with Gasteiger partial charge in [0, 0.05) is 29.5 Å². The Morgan fingerprint density at radius 1 is 1.41 bits per heavy atom. The van der Waals surface area contributed by atoms with Crippen LogP contribution in [0.15, 0.2) is 35.8 Å². The smallest absolute Gasteiger partial charge is 0.336 e. The summed E-state index contributed by atoms with van der Waals surface area (Å²) in [6.07, 6.45) is 1.75. The Bertz CT molecular complexity index is 496. The average Bonchev–Trinajstić information content (AvgIpc) is 2.79. The fourth-order valence-corrected chi connectivity index (χ4v) is 2.23. The number of nitrogens with zero attached hydrogens (tertiary/aromatic N) is 1. The molecule has 2 rings (SSSR count). The van der Waals surface area contributed by atoms with Gasteiger partial charge in [0.05, 0.1) is 11.3 Å². The molecule has 5 heteroatoms. The van der Waals surface area contributed by atoms with E-state index in [1.165, 1.54) is 11.3 Å². The van der Waals surface area contributed by atoms with Crippen molar-refractivity contribution < 1.29 is 9.90 Å². The summed E-state index contributed by atoms with van der Waals surface area (Å²) in [6.45, 7) is 1.34. The van der Waals surface area contributed by atoms with Gasteiger partial charge in [-0.05, 0) is 18.2 Å². The molecule has 0 bridgehead atoms. The zero-order valence-electron chi connectivity index (χ0n) is 9.09. The van der Waals surface area contributed by atoms with Gasteiger partial charge in [0.2, 0.25) is 0 Å². The van der Waals surface area contributed by atoms with Gasteiger partial charge in [-0.3, -0.25) is 4.98 Å². The molecule has 0 spiro atoms. The average molecular weight is 248 g/mol. The molecule has 0 aliphatic carbocycles. The molecule has 0 saturated heterocycles. The lowest BCUT2D eigenvalue weighted by Crippen LogP contribution is -2.12. The molecule has 2 aromatic rings. The number of carbonyl (C=O) groups is 1. The SMILES string of the molecule is O=C(O)c1csc(CNCc2ccccn2)c1. The molecule has 0 aliphatic heterocycles. The van der Waals surface area contributed by atoms with Crippen LogP contribution in [0.5, 0.6) is 0 Å². The van der Waals surface area contributed by atoms with Crippen molar-refractivity contribution in [2.24, 2.45) is 0 Å². The lowest BCUT2D eigenvalue weighted by Gasteiger charge is -2.01. The molecule has 0 aliphatic rings. The van der Waals surface area contributed by atoms with Crippen molar-refractivity contribution in [3.63, 3.8) is 0 Å². The number of aromatic carboxylic acids is 1. The Labute approximate surface area is 103 Å². The summed E-state index contributed by atoms with van der Waals surface area (Å²) in [4.78, 5) is 15.9. The Balaban J connectivity index is 1.84. The third-order valence-electron chi connectivity index (χ3n) is 2.23. The predicted molar refractivity (Wildman–Crippen MR) is 66.1 cm³/mol. The number of carboxylic acids is 1. The zero-order chi connectivity index (χ0) is 12.1. The minimum Gasteiger partial charge on any atom is -0.478 e. The summed E-state index contributed by atoms with van der Waals surface area (Å²) in [5.41, 5.74) is 1.33. The van der Waals surface area contributed by atoms with Crippen LogP contribution in [0.3, 0.4) is 0 Å². The first-order valence-electron chi connectivity index (χ1n) is 5.17. The molecule has 0 saturated carbocycles. The van der Waals surface area contributed by atoms with Gasteiger partial charge < -0.3 is 10.4 Å². The fourth-order valence-electron chi connectivity index (χ4n) is 1.40. The van der Waals surface area contributed by atoms with E-state index in [0.717, 1.165) is 10.6 Å². The molecule has 0 atom stereocenters. The monoisotopic (exact) mass is 248 g/mol. The van der Waals surface area contributed by atoms with Gasteiger partial charge in [-0.1, -0.05) is 6.07 Å². The van der Waals surface area contributed by atoms with Crippen molar-refractivity contribution in [1.29, 1.82) is 0 Å². The van der Waals surface area contributed by atoms with Gasteiger partial charge in [-0.25, -0.2) is 4.79 Å². The molecule has 17 heavy (non-hydrogen) atoms. The van der Waals surface area contributed by atoms with E-state index in [1.807, 2.05) is 18.2 Å². The summed E-state index contributed by atoms with van der Waals surface area (Å²) in [7, 11) is 0. The Morgan fingerprint density at radius 2 is 2.29 bits per heavy atom. The highest BCUT2D eigenvalue weighted by molar-refractivity contribution is 7.10. The maximum Gasteiger partial charge on any atom is 0.336 e. The second-order valence-electron chi connectivity index (χ2n) is 3.53. The highest BCUT2D eigenvalue weighted by Gasteiger charge is 2.05. The van der Waals surface area contributed by atoms with Crippen LogP contribution in [0.25, 0.3) is 0 Å². The summed E-state index contributed by atoms with van der Waals surface area (Å²) in [6, 6.07) is 7.46. The summed E-state index contributed by atoms with van der Waals surface area (Å²) >= 11 is 1.45. The highest BCUT2D eigenvalue weighted by Crippen LogP contribution is 2.14. The van der Waals surface area contributed by atoms with Crippen LogP contribution in [0.2, 0.25) is 0 Å². The lowest BCUT2D eigenvalue weighted by molar-refractivity contribution is 0.0697. The van der Waals surface area contributed by atoms with Crippen LogP contribution < -0.4 is 5.32 Å². The molecule has 4 nitrogen and oxygen atoms in total. The second-order valence-corrected chi connectivity index (χ2v) is 4.53. The van der Waals surface area contributed by atoms with Crippen molar-refractivity contribution in [3.05, 3.63) is 52.0 Å². The third-order valence-corrected chi connectivity index (χ3v) is 3.17. The van der Waals surface area contributed by atoms with Crippen LogP contribution in [-0.4, -0.2) is 16.1 Å². The maximum atomic E-state index is 10.7. The van der Waals surface area contributed by atoms with E-state index in [2.05, 4.69) is 10.3 Å². The molecule has 0 unspecified atom stereocenters. The number of pyridine rings is 1. The molecular weight excluding hydrogens is 236 g/mol. The minimum atomic E-state index is -0.878. The predicted octanol–water partition coefficient (Wildman–Crippen LogP) is 2.13. The number of thiophene rings is 1. The molecule has 0 radical (unpaired) electrons. The number of aromatic nitrogens is 1.